The van der Waals surface area contributed by atoms with E-state index in [2.05, 4.69) is 6.92 Å². The van der Waals surface area contributed by atoms with Crippen LogP contribution in [0.3, 0.4) is 0 Å². The highest BCUT2D eigenvalue weighted by atomic mass is 16.3. The van der Waals surface area contributed by atoms with Gasteiger partial charge in [-0.05, 0) is 13.0 Å². The van der Waals surface area contributed by atoms with Gasteiger partial charge in [-0.1, -0.05) is 45.4 Å². The summed E-state index contributed by atoms with van der Waals surface area (Å²) in [5.74, 6) is 0. The molecule has 0 aromatic heterocycles. The van der Waals surface area contributed by atoms with Gasteiger partial charge in [0.25, 0.3) is 0 Å². The third-order valence-electron chi connectivity index (χ3n) is 4.44. The monoisotopic (exact) mass is 288 g/mol. The predicted octanol–water partition coefficient (Wildman–Crippen LogP) is 0.463. The van der Waals surface area contributed by atoms with Crippen LogP contribution in [-0.2, 0) is 0 Å². The Bertz CT molecular complexity index is 237. The second-order valence-corrected chi connectivity index (χ2v) is 5.89. The molecule has 1 fully saturated rings. The van der Waals surface area contributed by atoms with E-state index in [1.807, 2.05) is 4.90 Å². The van der Waals surface area contributed by atoms with Crippen LogP contribution in [0.15, 0.2) is 0 Å². The molecule has 5 N–H and O–H groups in total. The molecule has 0 aromatic rings. The van der Waals surface area contributed by atoms with Crippen LogP contribution in [0.2, 0.25) is 0 Å². The summed E-state index contributed by atoms with van der Waals surface area (Å²) in [6.07, 6.45) is 6.84. The van der Waals surface area contributed by atoms with Gasteiger partial charge in [-0.2, -0.15) is 0 Å². The van der Waals surface area contributed by atoms with Crippen LogP contribution in [0, 0.1) is 0 Å². The zero-order chi connectivity index (χ0) is 15.0. The Morgan fingerprint density at radius 3 is 2.00 bits per heavy atom. The lowest BCUT2D eigenvalue weighted by Crippen LogP contribution is -2.45. The summed E-state index contributed by atoms with van der Waals surface area (Å²) in [5, 5.41) is 29.3. The summed E-state index contributed by atoms with van der Waals surface area (Å²) in [4.78, 5) is 1.99. The van der Waals surface area contributed by atoms with E-state index in [1.165, 1.54) is 32.1 Å². The molecule has 1 saturated heterocycles. The molecule has 0 radical (unpaired) electrons. The van der Waals surface area contributed by atoms with Crippen molar-refractivity contribution in [2.24, 2.45) is 5.73 Å². The average Bonchev–Trinajstić information content (AvgIpc) is 2.69. The number of rotatable bonds is 10. The topological polar surface area (TPSA) is 90.0 Å². The Morgan fingerprint density at radius 2 is 1.45 bits per heavy atom. The van der Waals surface area contributed by atoms with Gasteiger partial charge in [-0.3, -0.25) is 4.90 Å². The van der Waals surface area contributed by atoms with Gasteiger partial charge >= 0.3 is 0 Å². The third-order valence-corrected chi connectivity index (χ3v) is 4.44. The van der Waals surface area contributed by atoms with E-state index in [-0.39, 0.29) is 18.7 Å². The Balaban J connectivity index is 2.29. The van der Waals surface area contributed by atoms with Gasteiger partial charge in [0.05, 0.1) is 30.9 Å². The number of hydrogen-bond donors (Lipinski definition) is 4. The molecule has 5 heteroatoms. The maximum Gasteiger partial charge on any atom is 0.0992 e. The van der Waals surface area contributed by atoms with Crippen molar-refractivity contribution in [3.05, 3.63) is 0 Å². The number of hydrogen-bond acceptors (Lipinski definition) is 5. The van der Waals surface area contributed by atoms with Crippen molar-refractivity contribution in [2.75, 3.05) is 19.7 Å². The van der Waals surface area contributed by atoms with Crippen LogP contribution in [0.1, 0.15) is 51.9 Å². The fourth-order valence-corrected chi connectivity index (χ4v) is 3.16. The second kappa shape index (κ2) is 9.68. The maximum atomic E-state index is 9.95. The smallest absolute Gasteiger partial charge is 0.0992 e. The van der Waals surface area contributed by atoms with Gasteiger partial charge in [0.1, 0.15) is 0 Å². The molecule has 1 heterocycles. The predicted molar refractivity (Wildman–Crippen MR) is 80.4 cm³/mol. The third kappa shape index (κ3) is 4.67. The van der Waals surface area contributed by atoms with Gasteiger partial charge in [0.2, 0.25) is 0 Å². The molecule has 1 aliphatic heterocycles. The Labute approximate surface area is 122 Å². The summed E-state index contributed by atoms with van der Waals surface area (Å²) in [6.45, 7) is 3.18. The molecule has 0 unspecified atom stereocenters. The van der Waals surface area contributed by atoms with Gasteiger partial charge in [0.15, 0.2) is 0 Å². The van der Waals surface area contributed by atoms with Gasteiger partial charge < -0.3 is 21.1 Å². The number of aliphatic hydroxyl groups is 3. The quantitative estimate of drug-likeness (QED) is 0.439. The minimum Gasteiger partial charge on any atom is -0.395 e. The minimum absolute atomic E-state index is 0.134. The Morgan fingerprint density at radius 1 is 0.900 bits per heavy atom. The average molecular weight is 288 g/mol. The van der Waals surface area contributed by atoms with Crippen LogP contribution in [-0.4, -0.2) is 64.2 Å². The normalized spacial score (nSPS) is 31.1. The van der Waals surface area contributed by atoms with Crippen LogP contribution >= 0.6 is 0 Å². The van der Waals surface area contributed by atoms with Crippen molar-refractivity contribution in [1.82, 2.24) is 4.90 Å². The Kier molecular flexibility index (Phi) is 8.64. The summed E-state index contributed by atoms with van der Waals surface area (Å²) < 4.78 is 0. The van der Waals surface area contributed by atoms with Crippen LogP contribution in [0.5, 0.6) is 0 Å². The van der Waals surface area contributed by atoms with E-state index in [4.69, 9.17) is 5.73 Å². The molecule has 4 atom stereocenters. The minimum atomic E-state index is -0.891. The van der Waals surface area contributed by atoms with Crippen LogP contribution in [0.4, 0.5) is 0 Å². The van der Waals surface area contributed by atoms with Gasteiger partial charge in [-0.25, -0.2) is 0 Å². The van der Waals surface area contributed by atoms with Crippen molar-refractivity contribution in [2.45, 2.75) is 76.2 Å². The first-order valence-electron chi connectivity index (χ1n) is 8.10. The van der Waals surface area contributed by atoms with E-state index in [0.29, 0.717) is 6.54 Å². The lowest BCUT2D eigenvalue weighted by atomic mass is 10.1. The number of aliphatic hydroxyl groups excluding tert-OH is 3. The summed E-state index contributed by atoms with van der Waals surface area (Å²) in [5.41, 5.74) is 5.68. The molecule has 5 nitrogen and oxygen atoms in total. The molecule has 120 valence electrons. The zero-order valence-corrected chi connectivity index (χ0v) is 12.7. The molecule has 0 aliphatic carbocycles. The first-order valence-corrected chi connectivity index (χ1v) is 8.10. The molecule has 20 heavy (non-hydrogen) atoms. The van der Waals surface area contributed by atoms with E-state index in [9.17, 15) is 15.3 Å². The van der Waals surface area contributed by atoms with E-state index in [0.717, 1.165) is 19.4 Å². The highest BCUT2D eigenvalue weighted by molar-refractivity contribution is 5.00. The molecule has 0 spiro atoms. The summed E-state index contributed by atoms with van der Waals surface area (Å²) >= 11 is 0. The fourth-order valence-electron chi connectivity index (χ4n) is 3.16. The zero-order valence-electron chi connectivity index (χ0n) is 12.7. The largest absolute Gasteiger partial charge is 0.395 e. The maximum absolute atomic E-state index is 9.95. The van der Waals surface area contributed by atoms with Gasteiger partial charge in [0, 0.05) is 6.54 Å². The highest BCUT2D eigenvalue weighted by Gasteiger charge is 2.45. The molecule has 0 saturated carbocycles. The fraction of sp³-hybridized carbons (Fsp3) is 1.00. The van der Waals surface area contributed by atoms with Gasteiger partial charge in [-0.15, -0.1) is 0 Å². The number of nitrogens with two attached hydrogens (primary N) is 1. The molecule has 0 amide bonds. The number of nitrogens with zero attached hydrogens (tertiary/aromatic N) is 1. The molecule has 1 aliphatic rings. The Hall–Kier alpha value is -0.200. The first-order chi connectivity index (χ1) is 9.67. The van der Waals surface area contributed by atoms with Crippen molar-refractivity contribution < 1.29 is 15.3 Å². The molecule has 1 rings (SSSR count). The van der Waals surface area contributed by atoms with Crippen molar-refractivity contribution in [3.63, 3.8) is 0 Å². The van der Waals surface area contributed by atoms with Crippen molar-refractivity contribution in [1.29, 1.82) is 0 Å². The molecular weight excluding hydrogens is 256 g/mol. The molecular formula is C15H32N2O3. The van der Waals surface area contributed by atoms with Crippen LogP contribution < -0.4 is 5.73 Å². The first kappa shape index (κ1) is 17.9. The highest BCUT2D eigenvalue weighted by Crippen LogP contribution is 2.25. The standard InChI is InChI=1S/C15H32N2O3/c1-2-3-4-5-6-7-8-9-17-12(10-16)14(19)15(20)13(17)11-18/h12-15,18-20H,2-11,16H2,1H3/t12-,13-,14-,15-/m1/s1. The lowest BCUT2D eigenvalue weighted by molar-refractivity contribution is 0.0184. The van der Waals surface area contributed by atoms with Crippen LogP contribution in [0.25, 0.3) is 0 Å². The molecule has 0 bridgehead atoms. The number of likely N-dealkylation sites (tertiary alicyclic amines) is 1. The summed E-state index contributed by atoms with van der Waals surface area (Å²) in [6, 6.07) is -0.610. The SMILES string of the molecule is CCCCCCCCCN1[C@H](CN)[C@@H](O)[C@H](O)[C@H]1CO. The van der Waals surface area contributed by atoms with Crippen molar-refractivity contribution in [3.8, 4) is 0 Å². The van der Waals surface area contributed by atoms with E-state index in [1.54, 1.807) is 0 Å². The summed E-state index contributed by atoms with van der Waals surface area (Å²) in [7, 11) is 0. The second-order valence-electron chi connectivity index (χ2n) is 5.89. The number of unbranched alkanes of at least 4 members (excludes halogenated alkanes) is 6. The molecule has 0 aromatic carbocycles. The van der Waals surface area contributed by atoms with E-state index >= 15 is 0 Å². The lowest BCUT2D eigenvalue weighted by Gasteiger charge is -2.28. The van der Waals surface area contributed by atoms with E-state index < -0.39 is 12.2 Å². The van der Waals surface area contributed by atoms with Crippen molar-refractivity contribution >= 4 is 0 Å².